The first-order chi connectivity index (χ1) is 12.2. The number of aryl methyl sites for hydroxylation is 5. The van der Waals surface area contributed by atoms with Crippen LogP contribution < -0.4 is 11.1 Å². The Bertz CT molecular complexity index is 961. The summed E-state index contributed by atoms with van der Waals surface area (Å²) in [4.78, 5) is 17.9. The molecule has 1 heterocycles. The van der Waals surface area contributed by atoms with E-state index in [0.29, 0.717) is 15.6 Å². The van der Waals surface area contributed by atoms with Gasteiger partial charge in [-0.3, -0.25) is 4.79 Å². The summed E-state index contributed by atoms with van der Waals surface area (Å²) in [7, 11) is 0. The maximum absolute atomic E-state index is 13.1. The van der Waals surface area contributed by atoms with E-state index in [1.807, 2.05) is 58.9 Å². The van der Waals surface area contributed by atoms with Gasteiger partial charge in [0.25, 0.3) is 0 Å². The molecule has 5 heteroatoms. The van der Waals surface area contributed by atoms with Gasteiger partial charge in [0.1, 0.15) is 10.7 Å². The normalized spacial score (nSPS) is 10.8. The van der Waals surface area contributed by atoms with E-state index in [1.165, 1.54) is 22.5 Å². The van der Waals surface area contributed by atoms with E-state index in [2.05, 4.69) is 16.4 Å². The smallest absolute Gasteiger partial charge is 0.207 e. The van der Waals surface area contributed by atoms with Gasteiger partial charge < -0.3 is 11.1 Å². The molecule has 2 aromatic carbocycles. The second kappa shape index (κ2) is 6.92. The molecule has 0 atom stereocenters. The fourth-order valence-electron chi connectivity index (χ4n) is 3.37. The zero-order valence-electron chi connectivity index (χ0n) is 15.7. The third-order valence-corrected chi connectivity index (χ3v) is 5.22. The highest BCUT2D eigenvalue weighted by Crippen LogP contribution is 2.32. The van der Waals surface area contributed by atoms with E-state index in [0.717, 1.165) is 22.4 Å². The molecule has 0 unspecified atom stereocenters. The molecule has 134 valence electrons. The van der Waals surface area contributed by atoms with E-state index < -0.39 is 0 Å². The summed E-state index contributed by atoms with van der Waals surface area (Å²) in [5.41, 5.74) is 13.1. The molecule has 0 fully saturated rings. The van der Waals surface area contributed by atoms with Crippen LogP contribution in [-0.2, 0) is 0 Å². The van der Waals surface area contributed by atoms with Gasteiger partial charge in [0.05, 0.1) is 0 Å². The minimum Gasteiger partial charge on any atom is -0.382 e. The number of carbonyl (C=O) groups excluding carboxylic acids is 1. The second-order valence-electron chi connectivity index (χ2n) is 6.84. The number of hydrogen-bond acceptors (Lipinski definition) is 5. The summed E-state index contributed by atoms with van der Waals surface area (Å²) in [6, 6.07) is 10.2. The monoisotopic (exact) mass is 365 g/mol. The number of ketones is 1. The molecule has 0 amide bonds. The van der Waals surface area contributed by atoms with Crippen LogP contribution in [0.3, 0.4) is 0 Å². The number of nitrogens with one attached hydrogen (secondary N) is 1. The third-order valence-electron chi connectivity index (χ3n) is 4.24. The van der Waals surface area contributed by atoms with Crippen LogP contribution in [-0.4, -0.2) is 10.8 Å². The third kappa shape index (κ3) is 3.63. The van der Waals surface area contributed by atoms with Crippen molar-refractivity contribution in [3.63, 3.8) is 0 Å². The predicted molar refractivity (Wildman–Crippen MR) is 110 cm³/mol. The summed E-state index contributed by atoms with van der Waals surface area (Å²) in [5, 5.41) is 3.89. The molecule has 0 saturated carbocycles. The number of carbonyl (C=O) groups is 1. The van der Waals surface area contributed by atoms with Crippen LogP contribution in [0.4, 0.5) is 16.6 Å². The van der Waals surface area contributed by atoms with Crippen molar-refractivity contribution in [2.24, 2.45) is 0 Å². The molecule has 1 aromatic heterocycles. The molecule has 0 bridgehead atoms. The standard InChI is InChI=1S/C21H23N3OS/c1-11-6-12(2)10-16(9-11)23-21-24-20(22)19(26-21)18(25)17-14(4)7-13(3)8-15(17)5/h6-10H,22H2,1-5H3,(H,23,24). The Hall–Kier alpha value is -2.66. The highest BCUT2D eigenvalue weighted by Gasteiger charge is 2.21. The van der Waals surface area contributed by atoms with Gasteiger partial charge in [-0.2, -0.15) is 0 Å². The lowest BCUT2D eigenvalue weighted by Crippen LogP contribution is -2.07. The molecule has 0 aliphatic carbocycles. The Morgan fingerprint density at radius 2 is 1.46 bits per heavy atom. The van der Waals surface area contributed by atoms with Gasteiger partial charge in [-0.15, -0.1) is 0 Å². The van der Waals surface area contributed by atoms with E-state index in [4.69, 9.17) is 5.73 Å². The largest absolute Gasteiger partial charge is 0.382 e. The number of hydrogen-bond donors (Lipinski definition) is 2. The van der Waals surface area contributed by atoms with Crippen molar-refractivity contribution in [2.45, 2.75) is 34.6 Å². The first-order valence-corrected chi connectivity index (χ1v) is 9.30. The Morgan fingerprint density at radius 1 is 0.923 bits per heavy atom. The molecule has 3 N–H and O–H groups in total. The average molecular weight is 366 g/mol. The lowest BCUT2D eigenvalue weighted by molar-refractivity contribution is 0.104. The topological polar surface area (TPSA) is 68.0 Å². The minimum atomic E-state index is -0.0662. The van der Waals surface area contributed by atoms with Crippen LogP contribution in [0.15, 0.2) is 30.3 Å². The lowest BCUT2D eigenvalue weighted by Gasteiger charge is -2.09. The van der Waals surface area contributed by atoms with Crippen LogP contribution in [0.5, 0.6) is 0 Å². The van der Waals surface area contributed by atoms with E-state index in [-0.39, 0.29) is 11.6 Å². The molecule has 0 spiro atoms. The van der Waals surface area contributed by atoms with Gasteiger partial charge in [-0.05, 0) is 69.0 Å². The van der Waals surface area contributed by atoms with E-state index >= 15 is 0 Å². The summed E-state index contributed by atoms with van der Waals surface area (Å²) >= 11 is 1.29. The Kier molecular flexibility index (Phi) is 4.83. The number of nitrogen functional groups attached to an aromatic ring is 1. The van der Waals surface area contributed by atoms with Gasteiger partial charge in [0, 0.05) is 11.3 Å². The number of nitrogens with two attached hydrogens (primary N) is 1. The molecule has 0 saturated heterocycles. The fourth-order valence-corrected chi connectivity index (χ4v) is 4.22. The minimum absolute atomic E-state index is 0.0662. The summed E-state index contributed by atoms with van der Waals surface area (Å²) in [6.45, 7) is 10.0. The zero-order chi connectivity index (χ0) is 19.0. The summed E-state index contributed by atoms with van der Waals surface area (Å²) in [5.74, 6) is 0.203. The molecular formula is C21H23N3OS. The van der Waals surface area contributed by atoms with Crippen LogP contribution >= 0.6 is 11.3 Å². The average Bonchev–Trinajstić information content (AvgIpc) is 2.85. The maximum atomic E-state index is 13.1. The molecule has 0 aliphatic heterocycles. The molecule has 4 nitrogen and oxygen atoms in total. The Balaban J connectivity index is 1.94. The van der Waals surface area contributed by atoms with Gasteiger partial charge in [-0.1, -0.05) is 35.1 Å². The number of rotatable bonds is 4. The molecule has 3 aromatic rings. The fraction of sp³-hybridized carbons (Fsp3) is 0.238. The Labute approximate surface area is 158 Å². The van der Waals surface area contributed by atoms with E-state index in [9.17, 15) is 4.79 Å². The first-order valence-electron chi connectivity index (χ1n) is 8.49. The number of anilines is 3. The first kappa shape index (κ1) is 18.1. The number of thiazole rings is 1. The van der Waals surface area contributed by atoms with Gasteiger partial charge in [-0.25, -0.2) is 4.98 Å². The number of aromatic nitrogens is 1. The quantitative estimate of drug-likeness (QED) is 0.620. The highest BCUT2D eigenvalue weighted by molar-refractivity contribution is 7.18. The highest BCUT2D eigenvalue weighted by atomic mass is 32.1. The molecule has 26 heavy (non-hydrogen) atoms. The van der Waals surface area contributed by atoms with Crippen molar-refractivity contribution in [1.29, 1.82) is 0 Å². The zero-order valence-corrected chi connectivity index (χ0v) is 16.5. The van der Waals surface area contributed by atoms with Crippen LogP contribution in [0.2, 0.25) is 0 Å². The summed E-state index contributed by atoms with van der Waals surface area (Å²) < 4.78 is 0. The summed E-state index contributed by atoms with van der Waals surface area (Å²) in [6.07, 6.45) is 0. The number of nitrogens with zero attached hydrogens (tertiary/aromatic N) is 1. The van der Waals surface area contributed by atoms with Crippen LogP contribution in [0.1, 0.15) is 43.1 Å². The predicted octanol–water partition coefficient (Wildman–Crippen LogP) is 5.24. The van der Waals surface area contributed by atoms with Crippen LogP contribution in [0, 0.1) is 34.6 Å². The van der Waals surface area contributed by atoms with Gasteiger partial charge in [0.15, 0.2) is 5.13 Å². The van der Waals surface area contributed by atoms with E-state index in [1.54, 1.807) is 0 Å². The molecule has 0 radical (unpaired) electrons. The van der Waals surface area contributed by atoms with Crippen molar-refractivity contribution in [3.8, 4) is 0 Å². The second-order valence-corrected chi connectivity index (χ2v) is 7.84. The van der Waals surface area contributed by atoms with Crippen molar-refractivity contribution >= 4 is 33.8 Å². The number of benzene rings is 2. The van der Waals surface area contributed by atoms with Gasteiger partial charge in [0.2, 0.25) is 5.78 Å². The van der Waals surface area contributed by atoms with Crippen molar-refractivity contribution in [3.05, 3.63) is 68.6 Å². The SMILES string of the molecule is Cc1cc(C)cc(Nc2nc(N)c(C(=O)c3c(C)cc(C)cc3C)s2)c1. The van der Waals surface area contributed by atoms with Crippen LogP contribution in [0.25, 0.3) is 0 Å². The van der Waals surface area contributed by atoms with Crippen molar-refractivity contribution < 1.29 is 4.79 Å². The lowest BCUT2D eigenvalue weighted by atomic mass is 9.96. The van der Waals surface area contributed by atoms with Gasteiger partial charge >= 0.3 is 0 Å². The molecule has 3 rings (SSSR count). The molecular weight excluding hydrogens is 342 g/mol. The van der Waals surface area contributed by atoms with Crippen molar-refractivity contribution in [2.75, 3.05) is 11.1 Å². The van der Waals surface area contributed by atoms with Crippen molar-refractivity contribution in [1.82, 2.24) is 4.98 Å². The molecule has 0 aliphatic rings. The Morgan fingerprint density at radius 3 is 2.04 bits per heavy atom. The maximum Gasteiger partial charge on any atom is 0.207 e.